The second-order valence-electron chi connectivity index (χ2n) is 10.9. The standard InChI is InChI=1S/C19H40O4Si2/c1-13-14(12-20-24(8,9)18(2,3)4)21-17-16(22-17)15(13)23-25(10,11)19(5,6)7/h13-17H,12H2,1-11H3/t13-,14-,15+,16-,17?/m1/s1. The maximum atomic E-state index is 6.73. The molecular weight excluding hydrogens is 348 g/mol. The van der Waals surface area contributed by atoms with Crippen LogP contribution < -0.4 is 0 Å². The van der Waals surface area contributed by atoms with Crippen molar-refractivity contribution in [3.63, 3.8) is 0 Å². The minimum atomic E-state index is -1.84. The first-order valence-electron chi connectivity index (χ1n) is 9.69. The fraction of sp³-hybridized carbons (Fsp3) is 1.00. The van der Waals surface area contributed by atoms with Gasteiger partial charge in [-0.2, -0.15) is 0 Å². The van der Waals surface area contributed by atoms with Crippen molar-refractivity contribution in [2.45, 2.75) is 109 Å². The van der Waals surface area contributed by atoms with Gasteiger partial charge in [0.15, 0.2) is 22.9 Å². The summed E-state index contributed by atoms with van der Waals surface area (Å²) in [5.74, 6) is 0.280. The lowest BCUT2D eigenvalue weighted by Gasteiger charge is -2.44. The first-order valence-corrected chi connectivity index (χ1v) is 15.5. The van der Waals surface area contributed by atoms with Gasteiger partial charge in [0.05, 0.1) is 18.8 Å². The second kappa shape index (κ2) is 6.71. The first-order chi connectivity index (χ1) is 11.1. The highest BCUT2D eigenvalue weighted by atomic mass is 28.4. The molecule has 2 heterocycles. The predicted octanol–water partition coefficient (Wildman–Crippen LogP) is 5.16. The van der Waals surface area contributed by atoms with Gasteiger partial charge in [0.25, 0.3) is 0 Å². The van der Waals surface area contributed by atoms with Crippen LogP contribution in [0.5, 0.6) is 0 Å². The van der Waals surface area contributed by atoms with Crippen molar-refractivity contribution in [3.05, 3.63) is 0 Å². The van der Waals surface area contributed by atoms with Crippen molar-refractivity contribution in [3.8, 4) is 0 Å². The summed E-state index contributed by atoms with van der Waals surface area (Å²) in [6.45, 7) is 25.8. The van der Waals surface area contributed by atoms with Crippen molar-refractivity contribution in [2.75, 3.05) is 6.61 Å². The van der Waals surface area contributed by atoms with Crippen molar-refractivity contribution < 1.29 is 18.3 Å². The maximum absolute atomic E-state index is 6.73. The molecule has 0 radical (unpaired) electrons. The molecule has 0 aromatic heterocycles. The molecule has 0 aromatic rings. The molecule has 2 rings (SSSR count). The van der Waals surface area contributed by atoms with Crippen LogP contribution in [-0.4, -0.2) is 47.8 Å². The Morgan fingerprint density at radius 3 is 1.84 bits per heavy atom. The summed E-state index contributed by atoms with van der Waals surface area (Å²) in [5, 5.41) is 0.406. The van der Waals surface area contributed by atoms with Crippen molar-refractivity contribution in [2.24, 2.45) is 5.92 Å². The van der Waals surface area contributed by atoms with Crippen molar-refractivity contribution in [1.82, 2.24) is 0 Å². The van der Waals surface area contributed by atoms with E-state index in [4.69, 9.17) is 18.3 Å². The van der Waals surface area contributed by atoms with Crippen molar-refractivity contribution >= 4 is 16.6 Å². The van der Waals surface area contributed by atoms with Crippen LogP contribution in [0.4, 0.5) is 0 Å². The van der Waals surface area contributed by atoms with Crippen LogP contribution in [0.25, 0.3) is 0 Å². The number of hydrogen-bond donors (Lipinski definition) is 0. The first kappa shape index (κ1) is 21.6. The molecule has 25 heavy (non-hydrogen) atoms. The van der Waals surface area contributed by atoms with Gasteiger partial charge >= 0.3 is 0 Å². The molecule has 4 nitrogen and oxygen atoms in total. The molecule has 0 N–H and O–H groups in total. The monoisotopic (exact) mass is 388 g/mol. The summed E-state index contributed by atoms with van der Waals surface area (Å²) >= 11 is 0. The number of rotatable bonds is 5. The Morgan fingerprint density at radius 1 is 0.840 bits per heavy atom. The Bertz CT molecular complexity index is 479. The lowest BCUT2D eigenvalue weighted by molar-refractivity contribution is -0.0979. The summed E-state index contributed by atoms with van der Waals surface area (Å²) in [6, 6.07) is 0. The normalized spacial score (nSPS) is 34.0. The van der Waals surface area contributed by atoms with Gasteiger partial charge in [-0.1, -0.05) is 48.5 Å². The van der Waals surface area contributed by atoms with E-state index in [0.29, 0.717) is 6.61 Å². The zero-order chi connectivity index (χ0) is 19.4. The molecular formula is C19H40O4Si2. The summed E-state index contributed by atoms with van der Waals surface area (Å²) in [6.07, 6.45) is 0.174. The number of ether oxygens (including phenoxy) is 2. The van der Waals surface area contributed by atoms with Gasteiger partial charge in [0.2, 0.25) is 0 Å². The Kier molecular flexibility index (Phi) is 5.79. The number of epoxide rings is 1. The van der Waals surface area contributed by atoms with E-state index in [-0.39, 0.29) is 40.6 Å². The van der Waals surface area contributed by atoms with E-state index in [9.17, 15) is 0 Å². The molecule has 148 valence electrons. The summed E-state index contributed by atoms with van der Waals surface area (Å²) in [4.78, 5) is 0. The van der Waals surface area contributed by atoms with E-state index in [1.165, 1.54) is 0 Å². The zero-order valence-electron chi connectivity index (χ0n) is 18.2. The van der Waals surface area contributed by atoms with Crippen LogP contribution in [0, 0.1) is 5.92 Å². The van der Waals surface area contributed by atoms with E-state index in [1.807, 2.05) is 0 Å². The third-order valence-electron chi connectivity index (χ3n) is 6.87. The molecule has 2 aliphatic rings. The van der Waals surface area contributed by atoms with E-state index in [0.717, 1.165) is 0 Å². The Morgan fingerprint density at radius 2 is 1.36 bits per heavy atom. The molecule has 0 saturated carbocycles. The lowest BCUT2D eigenvalue weighted by Crippen LogP contribution is -2.53. The smallest absolute Gasteiger partial charge is 0.192 e. The topological polar surface area (TPSA) is 40.2 Å². The SMILES string of the molecule is C[C@H]1[C@H](O[Si](C)(C)C(C)(C)C)[C@H]2OC2O[C@@H]1CO[Si](C)(C)C(C)(C)C. The Balaban J connectivity index is 2.04. The van der Waals surface area contributed by atoms with E-state index in [2.05, 4.69) is 74.7 Å². The van der Waals surface area contributed by atoms with Gasteiger partial charge in [0.1, 0.15) is 6.10 Å². The Labute approximate surface area is 157 Å². The highest BCUT2D eigenvalue weighted by molar-refractivity contribution is 6.74. The molecule has 6 heteroatoms. The van der Waals surface area contributed by atoms with Crippen LogP contribution in [0.1, 0.15) is 48.5 Å². The van der Waals surface area contributed by atoms with Crippen LogP contribution in [-0.2, 0) is 18.3 Å². The maximum Gasteiger partial charge on any atom is 0.192 e. The second-order valence-corrected chi connectivity index (χ2v) is 20.5. The minimum absolute atomic E-state index is 0.0487. The van der Waals surface area contributed by atoms with Gasteiger partial charge in [-0.3, -0.25) is 0 Å². The molecule has 0 aromatic carbocycles. The molecule has 2 fully saturated rings. The highest BCUT2D eigenvalue weighted by Crippen LogP contribution is 2.46. The van der Waals surface area contributed by atoms with Crippen LogP contribution in [0.3, 0.4) is 0 Å². The number of hydrogen-bond acceptors (Lipinski definition) is 4. The molecule has 0 spiro atoms. The lowest BCUT2D eigenvalue weighted by atomic mass is 9.94. The molecule has 5 atom stereocenters. The molecule has 2 saturated heterocycles. The quantitative estimate of drug-likeness (QED) is 0.482. The minimum Gasteiger partial charge on any atom is -0.414 e. The van der Waals surface area contributed by atoms with Gasteiger partial charge in [-0.25, -0.2) is 0 Å². The predicted molar refractivity (Wildman–Crippen MR) is 108 cm³/mol. The summed E-state index contributed by atoms with van der Waals surface area (Å²) in [5.41, 5.74) is 0. The zero-order valence-corrected chi connectivity index (χ0v) is 20.2. The Hall–Kier alpha value is 0.274. The average Bonchev–Trinajstić information content (AvgIpc) is 3.16. The third-order valence-corrected chi connectivity index (χ3v) is 15.8. The van der Waals surface area contributed by atoms with Crippen molar-refractivity contribution in [1.29, 1.82) is 0 Å². The van der Waals surface area contributed by atoms with Crippen LogP contribution in [0.15, 0.2) is 0 Å². The van der Waals surface area contributed by atoms with Gasteiger partial charge in [-0.05, 0) is 36.3 Å². The van der Waals surface area contributed by atoms with Gasteiger partial charge in [-0.15, -0.1) is 0 Å². The van der Waals surface area contributed by atoms with Crippen LogP contribution >= 0.6 is 0 Å². The highest BCUT2D eigenvalue weighted by Gasteiger charge is 2.58. The van der Waals surface area contributed by atoms with E-state index in [1.54, 1.807) is 0 Å². The third kappa shape index (κ3) is 4.58. The van der Waals surface area contributed by atoms with Crippen LogP contribution in [0.2, 0.25) is 36.3 Å². The molecule has 0 amide bonds. The fourth-order valence-electron chi connectivity index (χ4n) is 2.65. The van der Waals surface area contributed by atoms with E-state index >= 15 is 0 Å². The van der Waals surface area contributed by atoms with E-state index < -0.39 is 16.6 Å². The average molecular weight is 389 g/mol. The summed E-state index contributed by atoms with van der Waals surface area (Å²) < 4.78 is 25.1. The largest absolute Gasteiger partial charge is 0.414 e. The van der Waals surface area contributed by atoms with Gasteiger partial charge in [0, 0.05) is 5.92 Å². The summed E-state index contributed by atoms with van der Waals surface area (Å²) in [7, 11) is -3.61. The fourth-order valence-corrected chi connectivity index (χ4v) is 5.04. The molecule has 0 bridgehead atoms. The molecule has 2 aliphatic heterocycles. The molecule has 1 unspecified atom stereocenters. The number of fused-ring (bicyclic) bond motifs is 1. The molecule has 0 aliphatic carbocycles. The van der Waals surface area contributed by atoms with Gasteiger partial charge < -0.3 is 18.3 Å².